The summed E-state index contributed by atoms with van der Waals surface area (Å²) in [6, 6.07) is 21.5. The number of benzene rings is 3. The van der Waals surface area contributed by atoms with Crippen LogP contribution in [0.2, 0.25) is 10.0 Å². The first-order chi connectivity index (χ1) is 14.2. The van der Waals surface area contributed by atoms with E-state index >= 15 is 0 Å². The third-order valence-corrected chi connectivity index (χ3v) is 6.03. The van der Waals surface area contributed by atoms with E-state index in [0.717, 1.165) is 40.3 Å². The highest BCUT2D eigenvalue weighted by Gasteiger charge is 2.42. The molecule has 0 saturated carbocycles. The van der Waals surface area contributed by atoms with Crippen molar-refractivity contribution < 1.29 is 9.47 Å². The van der Waals surface area contributed by atoms with Gasteiger partial charge in [0.1, 0.15) is 11.5 Å². The van der Waals surface area contributed by atoms with E-state index in [1.807, 2.05) is 65.7 Å². The molecule has 0 bridgehead atoms. The van der Waals surface area contributed by atoms with E-state index < -0.39 is 6.23 Å². The molecule has 5 rings (SSSR count). The molecule has 0 N–H and O–H groups in total. The van der Waals surface area contributed by atoms with Gasteiger partial charge in [-0.05, 0) is 48.0 Å². The lowest BCUT2D eigenvalue weighted by atomic mass is 9.96. The molecule has 2 heterocycles. The SMILES string of the molecule is COc1ccc(C2=NN3[C@@H](c4c(Cl)cccc4Cl)Oc4ccccc4[C@@H]3C2)cc1. The zero-order valence-corrected chi connectivity index (χ0v) is 17.2. The molecule has 2 atom stereocenters. The average molecular weight is 425 g/mol. The predicted octanol–water partition coefficient (Wildman–Crippen LogP) is 6.24. The third-order valence-electron chi connectivity index (χ3n) is 5.37. The molecule has 146 valence electrons. The number of methoxy groups -OCH3 is 1. The highest BCUT2D eigenvalue weighted by Crippen LogP contribution is 2.49. The molecule has 3 aromatic carbocycles. The van der Waals surface area contributed by atoms with Gasteiger partial charge in [-0.2, -0.15) is 5.10 Å². The van der Waals surface area contributed by atoms with Crippen LogP contribution in [0.1, 0.15) is 35.4 Å². The molecule has 0 amide bonds. The standard InChI is InChI=1S/C23H18Cl2N2O2/c1-28-15-11-9-14(10-12-15)19-13-20-16-5-2-3-8-21(16)29-23(27(20)26-19)22-17(24)6-4-7-18(22)25/h2-12,20,23H,13H2,1H3/t20-,23+/m0/s1. The molecule has 2 aliphatic rings. The van der Waals surface area contributed by atoms with Crippen molar-refractivity contribution in [1.29, 1.82) is 0 Å². The molecule has 0 radical (unpaired) electrons. The van der Waals surface area contributed by atoms with Crippen molar-refractivity contribution in [2.24, 2.45) is 5.10 Å². The van der Waals surface area contributed by atoms with E-state index in [1.54, 1.807) is 7.11 Å². The normalized spacial score (nSPS) is 19.8. The summed E-state index contributed by atoms with van der Waals surface area (Å²) in [6.07, 6.45) is 0.275. The van der Waals surface area contributed by atoms with Crippen LogP contribution in [-0.4, -0.2) is 17.8 Å². The minimum atomic E-state index is -0.494. The van der Waals surface area contributed by atoms with Gasteiger partial charge in [-0.25, -0.2) is 5.01 Å². The van der Waals surface area contributed by atoms with Crippen LogP contribution in [0.4, 0.5) is 0 Å². The van der Waals surface area contributed by atoms with Crippen molar-refractivity contribution in [3.63, 3.8) is 0 Å². The summed E-state index contributed by atoms with van der Waals surface area (Å²) in [6.45, 7) is 0. The maximum Gasteiger partial charge on any atom is 0.216 e. The first-order valence-electron chi connectivity index (χ1n) is 9.35. The Balaban J connectivity index is 1.60. The summed E-state index contributed by atoms with van der Waals surface area (Å²) in [5.41, 5.74) is 3.89. The van der Waals surface area contributed by atoms with Gasteiger partial charge in [0.2, 0.25) is 6.23 Å². The first kappa shape index (κ1) is 18.3. The van der Waals surface area contributed by atoms with Crippen molar-refractivity contribution in [3.8, 4) is 11.5 Å². The highest BCUT2D eigenvalue weighted by molar-refractivity contribution is 6.36. The fourth-order valence-corrected chi connectivity index (χ4v) is 4.51. The molecular formula is C23H18Cl2N2O2. The van der Waals surface area contributed by atoms with Crippen LogP contribution in [0.3, 0.4) is 0 Å². The Morgan fingerprint density at radius 1 is 0.966 bits per heavy atom. The number of nitrogens with zero attached hydrogens (tertiary/aromatic N) is 2. The molecule has 3 aromatic rings. The maximum absolute atomic E-state index is 6.51. The Labute approximate surface area is 179 Å². The third kappa shape index (κ3) is 3.13. The number of para-hydroxylation sites is 1. The van der Waals surface area contributed by atoms with Crippen LogP contribution >= 0.6 is 23.2 Å². The summed E-state index contributed by atoms with van der Waals surface area (Å²) < 4.78 is 11.6. The second-order valence-corrected chi connectivity index (χ2v) is 7.83. The first-order valence-corrected chi connectivity index (χ1v) is 10.1. The lowest BCUT2D eigenvalue weighted by Crippen LogP contribution is -2.34. The van der Waals surface area contributed by atoms with Crippen molar-refractivity contribution in [3.05, 3.63) is 93.5 Å². The van der Waals surface area contributed by atoms with E-state index in [4.69, 9.17) is 37.8 Å². The number of ether oxygens (including phenoxy) is 2. The molecule has 29 heavy (non-hydrogen) atoms. The Kier molecular flexibility index (Phi) is 4.61. The van der Waals surface area contributed by atoms with Gasteiger partial charge in [-0.15, -0.1) is 0 Å². The molecule has 0 fully saturated rings. The maximum atomic E-state index is 6.51. The minimum Gasteiger partial charge on any atom is -0.497 e. The van der Waals surface area contributed by atoms with Gasteiger partial charge in [0.25, 0.3) is 0 Å². The molecule has 4 nitrogen and oxygen atoms in total. The smallest absolute Gasteiger partial charge is 0.216 e. The Hall–Kier alpha value is -2.69. The zero-order valence-electron chi connectivity index (χ0n) is 15.7. The van der Waals surface area contributed by atoms with Gasteiger partial charge in [0.05, 0.1) is 34.5 Å². The number of hydrazone groups is 1. The highest BCUT2D eigenvalue weighted by atomic mass is 35.5. The van der Waals surface area contributed by atoms with Gasteiger partial charge in [0.15, 0.2) is 0 Å². The molecule has 0 unspecified atom stereocenters. The summed E-state index contributed by atoms with van der Waals surface area (Å²) in [5, 5.41) is 8.05. The van der Waals surface area contributed by atoms with Gasteiger partial charge >= 0.3 is 0 Å². The van der Waals surface area contributed by atoms with E-state index in [-0.39, 0.29) is 6.04 Å². The van der Waals surface area contributed by atoms with Crippen LogP contribution in [0.15, 0.2) is 71.8 Å². The van der Waals surface area contributed by atoms with Crippen LogP contribution in [-0.2, 0) is 0 Å². The average Bonchev–Trinajstić information content (AvgIpc) is 3.19. The Morgan fingerprint density at radius 3 is 2.41 bits per heavy atom. The molecule has 2 aliphatic heterocycles. The number of fused-ring (bicyclic) bond motifs is 3. The summed E-state index contributed by atoms with van der Waals surface area (Å²) in [4.78, 5) is 0. The second-order valence-electron chi connectivity index (χ2n) is 7.02. The molecule has 0 aliphatic carbocycles. The topological polar surface area (TPSA) is 34.1 Å². The fourth-order valence-electron chi connectivity index (χ4n) is 3.93. The molecule has 0 aromatic heterocycles. The van der Waals surface area contributed by atoms with Crippen molar-refractivity contribution in [1.82, 2.24) is 5.01 Å². The number of hydrogen-bond donors (Lipinski definition) is 0. The zero-order chi connectivity index (χ0) is 20.0. The Bertz CT molecular complexity index is 1080. The molecule has 6 heteroatoms. The predicted molar refractivity (Wildman–Crippen MR) is 115 cm³/mol. The van der Waals surface area contributed by atoms with Crippen LogP contribution in [0.5, 0.6) is 11.5 Å². The van der Waals surface area contributed by atoms with Crippen LogP contribution < -0.4 is 9.47 Å². The van der Waals surface area contributed by atoms with Crippen molar-refractivity contribution in [2.75, 3.05) is 7.11 Å². The van der Waals surface area contributed by atoms with Gasteiger partial charge in [0, 0.05) is 12.0 Å². The summed E-state index contributed by atoms with van der Waals surface area (Å²) in [5.74, 6) is 1.65. The van der Waals surface area contributed by atoms with Gasteiger partial charge in [-0.3, -0.25) is 0 Å². The largest absolute Gasteiger partial charge is 0.497 e. The lowest BCUT2D eigenvalue weighted by molar-refractivity contribution is -0.0189. The summed E-state index contributed by atoms with van der Waals surface area (Å²) in [7, 11) is 1.66. The van der Waals surface area contributed by atoms with Gasteiger partial charge in [-0.1, -0.05) is 47.5 Å². The fraction of sp³-hybridized carbons (Fsp3) is 0.174. The Morgan fingerprint density at radius 2 is 1.69 bits per heavy atom. The number of halogens is 2. The molecule has 0 saturated heterocycles. The second kappa shape index (κ2) is 7.29. The van der Waals surface area contributed by atoms with Crippen LogP contribution in [0, 0.1) is 0 Å². The number of hydrogen-bond acceptors (Lipinski definition) is 4. The van der Waals surface area contributed by atoms with Crippen molar-refractivity contribution >= 4 is 28.9 Å². The minimum absolute atomic E-state index is 0.0504. The van der Waals surface area contributed by atoms with E-state index in [2.05, 4.69) is 6.07 Å². The van der Waals surface area contributed by atoms with Crippen molar-refractivity contribution in [2.45, 2.75) is 18.7 Å². The quantitative estimate of drug-likeness (QED) is 0.498. The van der Waals surface area contributed by atoms with E-state index in [0.29, 0.717) is 10.0 Å². The summed E-state index contributed by atoms with van der Waals surface area (Å²) >= 11 is 13.0. The molecule has 0 spiro atoms. The van der Waals surface area contributed by atoms with E-state index in [9.17, 15) is 0 Å². The van der Waals surface area contributed by atoms with Gasteiger partial charge < -0.3 is 9.47 Å². The lowest BCUT2D eigenvalue weighted by Gasteiger charge is -2.38. The molecular weight excluding hydrogens is 407 g/mol. The van der Waals surface area contributed by atoms with E-state index in [1.165, 1.54) is 0 Å². The monoisotopic (exact) mass is 424 g/mol. The van der Waals surface area contributed by atoms with Crippen LogP contribution in [0.25, 0.3) is 0 Å². The number of rotatable bonds is 3.